The van der Waals surface area contributed by atoms with E-state index in [-0.39, 0.29) is 11.4 Å². The van der Waals surface area contributed by atoms with E-state index in [1.807, 2.05) is 30.3 Å². The summed E-state index contributed by atoms with van der Waals surface area (Å²) in [6.45, 7) is 3.47. The Kier molecular flexibility index (Phi) is 5.39. The molecule has 8 heteroatoms. The Morgan fingerprint density at radius 1 is 1.08 bits per heavy atom. The molecule has 0 aliphatic rings. The molecule has 0 saturated heterocycles. The van der Waals surface area contributed by atoms with Crippen molar-refractivity contribution < 1.29 is 8.42 Å². The molecular formula is C18H17Cl2N3O2S. The minimum Gasteiger partial charge on any atom is -0.236 e. The first-order valence-electron chi connectivity index (χ1n) is 7.85. The van der Waals surface area contributed by atoms with Crippen molar-refractivity contribution in [3.63, 3.8) is 0 Å². The van der Waals surface area contributed by atoms with E-state index < -0.39 is 10.0 Å². The number of aryl methyl sites for hydroxylation is 1. The van der Waals surface area contributed by atoms with Gasteiger partial charge >= 0.3 is 0 Å². The van der Waals surface area contributed by atoms with Crippen LogP contribution in [0.3, 0.4) is 0 Å². The summed E-state index contributed by atoms with van der Waals surface area (Å²) in [5.41, 5.74) is 2.42. The van der Waals surface area contributed by atoms with E-state index in [0.29, 0.717) is 27.0 Å². The molecule has 0 atom stereocenters. The number of rotatable bonds is 5. The van der Waals surface area contributed by atoms with Crippen molar-refractivity contribution in [1.82, 2.24) is 14.5 Å². The number of hydrogen-bond acceptors (Lipinski definition) is 3. The zero-order chi connectivity index (χ0) is 18.9. The number of halogens is 2. The lowest BCUT2D eigenvalue weighted by molar-refractivity contribution is 0.580. The minimum atomic E-state index is -3.76. The molecule has 0 saturated carbocycles. The van der Waals surface area contributed by atoms with Gasteiger partial charge in [-0.3, -0.25) is 0 Å². The third kappa shape index (κ3) is 3.78. The monoisotopic (exact) mass is 409 g/mol. The maximum absolute atomic E-state index is 12.8. The van der Waals surface area contributed by atoms with Crippen LogP contribution in [0.2, 0.25) is 10.0 Å². The highest BCUT2D eigenvalue weighted by Crippen LogP contribution is 2.24. The predicted octanol–water partition coefficient (Wildman–Crippen LogP) is 4.27. The molecule has 3 aromatic rings. The average molecular weight is 410 g/mol. The van der Waals surface area contributed by atoms with Crippen LogP contribution in [0.5, 0.6) is 0 Å². The number of para-hydroxylation sites is 1. The van der Waals surface area contributed by atoms with Crippen LogP contribution in [0.25, 0.3) is 5.69 Å². The fraction of sp³-hybridized carbons (Fsp3) is 0.167. The van der Waals surface area contributed by atoms with Gasteiger partial charge in [0.05, 0.1) is 17.1 Å². The van der Waals surface area contributed by atoms with E-state index in [0.717, 1.165) is 5.69 Å². The van der Waals surface area contributed by atoms with E-state index in [1.165, 1.54) is 0 Å². The molecule has 1 aromatic heterocycles. The predicted molar refractivity (Wildman–Crippen MR) is 104 cm³/mol. The van der Waals surface area contributed by atoms with Gasteiger partial charge in [-0.15, -0.1) is 0 Å². The molecule has 0 radical (unpaired) electrons. The Balaban J connectivity index is 1.91. The first-order valence-corrected chi connectivity index (χ1v) is 10.1. The summed E-state index contributed by atoms with van der Waals surface area (Å²) >= 11 is 12.0. The smallest absolute Gasteiger partial charge is 0.236 e. The number of nitrogens with one attached hydrogen (secondary N) is 1. The maximum Gasteiger partial charge on any atom is 0.244 e. The van der Waals surface area contributed by atoms with Gasteiger partial charge in [-0.05, 0) is 43.7 Å². The van der Waals surface area contributed by atoms with Crippen molar-refractivity contribution in [3.8, 4) is 5.69 Å². The highest BCUT2D eigenvalue weighted by molar-refractivity contribution is 7.89. The number of nitrogens with zero attached hydrogens (tertiary/aromatic N) is 2. The lowest BCUT2D eigenvalue weighted by Gasteiger charge is -2.09. The zero-order valence-electron chi connectivity index (χ0n) is 14.2. The summed E-state index contributed by atoms with van der Waals surface area (Å²) in [6.07, 6.45) is 0. The van der Waals surface area contributed by atoms with Crippen LogP contribution >= 0.6 is 23.2 Å². The van der Waals surface area contributed by atoms with Crippen LogP contribution < -0.4 is 4.72 Å². The van der Waals surface area contributed by atoms with Gasteiger partial charge in [0.15, 0.2) is 0 Å². The molecule has 5 nitrogen and oxygen atoms in total. The molecule has 3 rings (SSSR count). The third-order valence-electron chi connectivity index (χ3n) is 3.96. The van der Waals surface area contributed by atoms with Gasteiger partial charge in [-0.2, -0.15) is 5.10 Å². The largest absolute Gasteiger partial charge is 0.244 e. The van der Waals surface area contributed by atoms with Crippen LogP contribution in [0.1, 0.15) is 17.0 Å². The normalized spacial score (nSPS) is 11.7. The summed E-state index contributed by atoms with van der Waals surface area (Å²) in [7, 11) is -3.76. The van der Waals surface area contributed by atoms with E-state index in [2.05, 4.69) is 9.82 Å². The quantitative estimate of drug-likeness (QED) is 0.683. The molecule has 0 bridgehead atoms. The molecule has 1 heterocycles. The number of hydrogen-bond donors (Lipinski definition) is 1. The first kappa shape index (κ1) is 18.9. The maximum atomic E-state index is 12.8. The number of aromatic nitrogens is 2. The summed E-state index contributed by atoms with van der Waals surface area (Å²) < 4.78 is 29.9. The van der Waals surface area contributed by atoms with Crippen molar-refractivity contribution in [3.05, 3.63) is 75.5 Å². The Hall–Kier alpha value is -1.86. The average Bonchev–Trinajstić information content (AvgIpc) is 2.90. The highest BCUT2D eigenvalue weighted by atomic mass is 35.5. The molecule has 0 amide bonds. The second-order valence-electron chi connectivity index (χ2n) is 5.81. The molecular weight excluding hydrogens is 393 g/mol. The van der Waals surface area contributed by atoms with Gasteiger partial charge in [0.2, 0.25) is 10.0 Å². The van der Waals surface area contributed by atoms with E-state index in [4.69, 9.17) is 23.2 Å². The minimum absolute atomic E-state index is 0.0632. The molecule has 0 unspecified atom stereocenters. The topological polar surface area (TPSA) is 64.0 Å². The Bertz CT molecular complexity index is 1050. The Labute approximate surface area is 162 Å². The molecule has 0 aliphatic heterocycles. The summed E-state index contributed by atoms with van der Waals surface area (Å²) in [5, 5.41) is 5.29. The second-order valence-corrected chi connectivity index (χ2v) is 8.36. The van der Waals surface area contributed by atoms with Crippen molar-refractivity contribution in [2.24, 2.45) is 0 Å². The van der Waals surface area contributed by atoms with E-state index in [9.17, 15) is 8.42 Å². The molecule has 2 aromatic carbocycles. The fourth-order valence-electron chi connectivity index (χ4n) is 2.75. The molecule has 1 N–H and O–H groups in total. The highest BCUT2D eigenvalue weighted by Gasteiger charge is 2.25. The SMILES string of the molecule is Cc1nn(-c2ccccc2)c(C)c1S(=O)(=O)NCc1ccc(Cl)cc1Cl. The fourth-order valence-corrected chi connectivity index (χ4v) is 4.62. The summed E-state index contributed by atoms with van der Waals surface area (Å²) in [5.74, 6) is 0. The lowest BCUT2D eigenvalue weighted by atomic mass is 10.2. The Morgan fingerprint density at radius 2 is 1.77 bits per heavy atom. The van der Waals surface area contributed by atoms with Crippen molar-refractivity contribution in [2.45, 2.75) is 25.3 Å². The van der Waals surface area contributed by atoms with Gasteiger partial charge < -0.3 is 0 Å². The standard InChI is InChI=1S/C18H17Cl2N3O2S/c1-12-18(13(2)23(22-12)16-6-4-3-5-7-16)26(24,25)21-11-14-8-9-15(19)10-17(14)20/h3-10,21H,11H2,1-2H3. The molecule has 0 spiro atoms. The van der Waals surface area contributed by atoms with Crippen LogP contribution in [0.4, 0.5) is 0 Å². The van der Waals surface area contributed by atoms with Crippen molar-refractivity contribution >= 4 is 33.2 Å². The van der Waals surface area contributed by atoms with Crippen LogP contribution in [0, 0.1) is 13.8 Å². The van der Waals surface area contributed by atoms with E-state index in [1.54, 1.807) is 36.7 Å². The van der Waals surface area contributed by atoms with Gasteiger partial charge in [0, 0.05) is 16.6 Å². The van der Waals surface area contributed by atoms with Crippen LogP contribution in [0.15, 0.2) is 53.4 Å². The molecule has 26 heavy (non-hydrogen) atoms. The number of benzene rings is 2. The first-order chi connectivity index (χ1) is 12.3. The van der Waals surface area contributed by atoms with Crippen molar-refractivity contribution in [2.75, 3.05) is 0 Å². The van der Waals surface area contributed by atoms with Crippen LogP contribution in [-0.4, -0.2) is 18.2 Å². The van der Waals surface area contributed by atoms with Crippen molar-refractivity contribution in [1.29, 1.82) is 0 Å². The van der Waals surface area contributed by atoms with Gasteiger partial charge in [0.25, 0.3) is 0 Å². The summed E-state index contributed by atoms with van der Waals surface area (Å²) in [6, 6.07) is 14.3. The second kappa shape index (κ2) is 7.40. The Morgan fingerprint density at radius 3 is 2.42 bits per heavy atom. The lowest BCUT2D eigenvalue weighted by Crippen LogP contribution is -2.24. The van der Waals surface area contributed by atoms with Gasteiger partial charge in [-0.1, -0.05) is 47.5 Å². The number of sulfonamides is 1. The zero-order valence-corrected chi connectivity index (χ0v) is 16.5. The molecule has 0 fully saturated rings. The van der Waals surface area contributed by atoms with Gasteiger partial charge in [-0.25, -0.2) is 17.8 Å². The van der Waals surface area contributed by atoms with E-state index >= 15 is 0 Å². The summed E-state index contributed by atoms with van der Waals surface area (Å²) in [4.78, 5) is 0.173. The third-order valence-corrected chi connectivity index (χ3v) is 6.20. The van der Waals surface area contributed by atoms with Gasteiger partial charge in [0.1, 0.15) is 4.90 Å². The molecule has 0 aliphatic carbocycles. The molecule has 136 valence electrons. The van der Waals surface area contributed by atoms with Crippen LogP contribution in [-0.2, 0) is 16.6 Å².